The van der Waals surface area contributed by atoms with Gasteiger partial charge in [0.2, 0.25) is 0 Å². The van der Waals surface area contributed by atoms with Gasteiger partial charge in [-0.2, -0.15) is 0 Å². The first-order valence-electron chi connectivity index (χ1n) is 5.23. The van der Waals surface area contributed by atoms with Gasteiger partial charge in [-0.1, -0.05) is 0 Å². The number of nitrogens with one attached hydrogen (secondary N) is 1. The van der Waals surface area contributed by atoms with Gasteiger partial charge in [-0.25, -0.2) is 9.78 Å². The van der Waals surface area contributed by atoms with Crippen molar-refractivity contribution in [2.75, 3.05) is 5.32 Å². The number of hydrogen-bond acceptors (Lipinski definition) is 4. The number of aryl methyl sites for hydroxylation is 1. The quantitative estimate of drug-likeness (QED) is 0.899. The summed E-state index contributed by atoms with van der Waals surface area (Å²) in [7, 11) is 0. The highest BCUT2D eigenvalue weighted by Crippen LogP contribution is 2.22. The highest BCUT2D eigenvalue weighted by molar-refractivity contribution is 9.10. The number of halogens is 1. The zero-order chi connectivity index (χ0) is 14.0. The number of hydrogen-bond donors (Lipinski definition) is 2. The van der Waals surface area contributed by atoms with Crippen LogP contribution in [0.2, 0.25) is 0 Å². The van der Waals surface area contributed by atoms with Crippen LogP contribution in [0.15, 0.2) is 28.2 Å². The number of carbonyl (C=O) groups is 2. The van der Waals surface area contributed by atoms with Crippen LogP contribution in [0.25, 0.3) is 0 Å². The Morgan fingerprint density at radius 1 is 1.42 bits per heavy atom. The van der Waals surface area contributed by atoms with Crippen molar-refractivity contribution in [1.29, 1.82) is 0 Å². The number of rotatable bonds is 3. The molecule has 98 valence electrons. The van der Waals surface area contributed by atoms with Gasteiger partial charge in [-0.3, -0.25) is 4.79 Å². The lowest BCUT2D eigenvalue weighted by molar-refractivity contribution is 0.0695. The van der Waals surface area contributed by atoms with Crippen LogP contribution in [0.4, 0.5) is 5.69 Å². The molecule has 0 unspecified atom stereocenters. The van der Waals surface area contributed by atoms with E-state index < -0.39 is 5.97 Å². The Balaban J connectivity index is 2.25. The Kier molecular flexibility index (Phi) is 3.96. The fourth-order valence-electron chi connectivity index (χ4n) is 1.47. The maximum Gasteiger partial charge on any atom is 0.336 e. The van der Waals surface area contributed by atoms with Gasteiger partial charge < -0.3 is 10.4 Å². The van der Waals surface area contributed by atoms with Gasteiger partial charge in [-0.15, -0.1) is 11.3 Å². The number of aromatic nitrogens is 1. The molecule has 1 aromatic heterocycles. The standard InChI is InChI=1S/C12H9BrN2O3S/c1-6-10(19-5-14-6)11(16)15-7-2-3-9(13)8(4-7)12(17)18/h2-5H,1H3,(H,15,16)(H,17,18). The highest BCUT2D eigenvalue weighted by atomic mass is 79.9. The molecule has 0 atom stereocenters. The largest absolute Gasteiger partial charge is 0.478 e. The van der Waals surface area contributed by atoms with Gasteiger partial charge in [0.05, 0.1) is 16.8 Å². The summed E-state index contributed by atoms with van der Waals surface area (Å²) >= 11 is 4.39. The Labute approximate surface area is 121 Å². The van der Waals surface area contributed by atoms with Gasteiger partial charge in [-0.05, 0) is 41.1 Å². The van der Waals surface area contributed by atoms with E-state index in [1.165, 1.54) is 17.4 Å². The van der Waals surface area contributed by atoms with E-state index in [9.17, 15) is 9.59 Å². The minimum Gasteiger partial charge on any atom is -0.478 e. The molecule has 0 bridgehead atoms. The van der Waals surface area contributed by atoms with Crippen molar-refractivity contribution in [2.24, 2.45) is 0 Å². The number of anilines is 1. The molecule has 2 aromatic rings. The smallest absolute Gasteiger partial charge is 0.336 e. The minimum atomic E-state index is -1.06. The lowest BCUT2D eigenvalue weighted by Gasteiger charge is -2.06. The minimum absolute atomic E-state index is 0.0961. The third kappa shape index (κ3) is 2.99. The predicted molar refractivity (Wildman–Crippen MR) is 75.9 cm³/mol. The summed E-state index contributed by atoms with van der Waals surface area (Å²) in [5.74, 6) is -1.35. The van der Waals surface area contributed by atoms with Crippen molar-refractivity contribution >= 4 is 44.8 Å². The van der Waals surface area contributed by atoms with Crippen LogP contribution >= 0.6 is 27.3 Å². The molecule has 1 aromatic carbocycles. The molecule has 0 radical (unpaired) electrons. The molecule has 5 nitrogen and oxygen atoms in total. The summed E-state index contributed by atoms with van der Waals surface area (Å²) in [5, 5.41) is 11.7. The molecule has 2 rings (SSSR count). The number of aromatic carboxylic acids is 1. The van der Waals surface area contributed by atoms with Crippen LogP contribution in [0.3, 0.4) is 0 Å². The summed E-state index contributed by atoms with van der Waals surface area (Å²) in [6.45, 7) is 1.75. The van der Waals surface area contributed by atoms with E-state index in [4.69, 9.17) is 5.11 Å². The third-order valence-corrected chi connectivity index (χ3v) is 4.03. The number of carboxylic acids is 1. The van der Waals surface area contributed by atoms with E-state index in [-0.39, 0.29) is 11.5 Å². The molecule has 0 spiro atoms. The van der Waals surface area contributed by atoms with Crippen LogP contribution < -0.4 is 5.32 Å². The first-order valence-corrected chi connectivity index (χ1v) is 6.90. The van der Waals surface area contributed by atoms with Crippen LogP contribution in [0, 0.1) is 6.92 Å². The number of nitrogens with zero attached hydrogens (tertiary/aromatic N) is 1. The van der Waals surface area contributed by atoms with Gasteiger partial charge in [0, 0.05) is 10.2 Å². The van der Waals surface area contributed by atoms with Gasteiger partial charge in [0.1, 0.15) is 4.88 Å². The van der Waals surface area contributed by atoms with Crippen molar-refractivity contribution in [3.8, 4) is 0 Å². The number of carboxylic acid groups (broad SMARTS) is 1. The average molecular weight is 341 g/mol. The Hall–Kier alpha value is -1.73. The Bertz CT molecular complexity index is 654. The monoisotopic (exact) mass is 340 g/mol. The molecule has 0 aliphatic rings. The molecule has 0 saturated carbocycles. The third-order valence-electron chi connectivity index (χ3n) is 2.41. The first-order chi connectivity index (χ1) is 8.99. The summed E-state index contributed by atoms with van der Waals surface area (Å²) in [6.07, 6.45) is 0. The molecular formula is C12H9BrN2O3S. The normalized spacial score (nSPS) is 10.2. The van der Waals surface area contributed by atoms with Crippen LogP contribution in [0.1, 0.15) is 25.7 Å². The first kappa shape index (κ1) is 13.7. The molecule has 0 saturated heterocycles. The zero-order valence-corrected chi connectivity index (χ0v) is 12.2. The second-order valence-corrected chi connectivity index (χ2v) is 5.43. The SMILES string of the molecule is Cc1ncsc1C(=O)Nc1ccc(Br)c(C(=O)O)c1. The second kappa shape index (κ2) is 5.50. The fraction of sp³-hybridized carbons (Fsp3) is 0.0833. The Morgan fingerprint density at radius 3 is 2.74 bits per heavy atom. The van der Waals surface area contributed by atoms with Crippen molar-refractivity contribution in [3.05, 3.63) is 44.3 Å². The molecule has 2 N–H and O–H groups in total. The molecule has 1 amide bonds. The van der Waals surface area contributed by atoms with E-state index in [0.717, 1.165) is 0 Å². The highest BCUT2D eigenvalue weighted by Gasteiger charge is 2.14. The summed E-state index contributed by atoms with van der Waals surface area (Å²) < 4.78 is 0.465. The molecule has 0 aliphatic heterocycles. The molecule has 19 heavy (non-hydrogen) atoms. The molecule has 0 aliphatic carbocycles. The van der Waals surface area contributed by atoms with Crippen molar-refractivity contribution in [2.45, 2.75) is 6.92 Å². The van der Waals surface area contributed by atoms with Crippen LogP contribution in [0.5, 0.6) is 0 Å². The number of thiazole rings is 1. The lowest BCUT2D eigenvalue weighted by Crippen LogP contribution is -2.12. The van der Waals surface area contributed by atoms with E-state index in [0.29, 0.717) is 20.7 Å². The molecule has 0 fully saturated rings. The fourth-order valence-corrected chi connectivity index (χ4v) is 2.59. The maximum atomic E-state index is 12.0. The van der Waals surface area contributed by atoms with Crippen LogP contribution in [-0.2, 0) is 0 Å². The van der Waals surface area contributed by atoms with E-state index in [1.54, 1.807) is 24.6 Å². The molecule has 1 heterocycles. The molecule has 7 heteroatoms. The predicted octanol–water partition coefficient (Wildman–Crippen LogP) is 3.16. The van der Waals surface area contributed by atoms with Crippen molar-refractivity contribution in [1.82, 2.24) is 4.98 Å². The summed E-state index contributed by atoms with van der Waals surface area (Å²) in [4.78, 5) is 27.5. The van der Waals surface area contributed by atoms with E-state index in [1.807, 2.05) is 0 Å². The maximum absolute atomic E-state index is 12.0. The summed E-state index contributed by atoms with van der Waals surface area (Å²) in [6, 6.07) is 4.62. The second-order valence-electron chi connectivity index (χ2n) is 3.72. The summed E-state index contributed by atoms with van der Waals surface area (Å²) in [5.41, 5.74) is 2.77. The Morgan fingerprint density at radius 2 is 2.16 bits per heavy atom. The molecular weight excluding hydrogens is 332 g/mol. The van der Waals surface area contributed by atoms with Crippen molar-refractivity contribution in [3.63, 3.8) is 0 Å². The number of amides is 1. The number of benzene rings is 1. The van der Waals surface area contributed by atoms with Crippen LogP contribution in [-0.4, -0.2) is 22.0 Å². The lowest BCUT2D eigenvalue weighted by atomic mass is 10.2. The average Bonchev–Trinajstić information content (AvgIpc) is 2.77. The van der Waals surface area contributed by atoms with Gasteiger partial charge >= 0.3 is 5.97 Å². The zero-order valence-electron chi connectivity index (χ0n) is 9.81. The van der Waals surface area contributed by atoms with Gasteiger partial charge in [0.25, 0.3) is 5.91 Å². The number of carbonyl (C=O) groups excluding carboxylic acids is 1. The van der Waals surface area contributed by atoms with Gasteiger partial charge in [0.15, 0.2) is 0 Å². The van der Waals surface area contributed by atoms with Crippen molar-refractivity contribution < 1.29 is 14.7 Å². The van der Waals surface area contributed by atoms with E-state index >= 15 is 0 Å². The topological polar surface area (TPSA) is 79.3 Å². The van der Waals surface area contributed by atoms with E-state index in [2.05, 4.69) is 26.2 Å².